The van der Waals surface area contributed by atoms with Crippen molar-refractivity contribution in [2.45, 2.75) is 394 Å². The minimum Gasteiger partial charge on any atom is -0.171 e. The van der Waals surface area contributed by atoms with Gasteiger partial charge in [-0.1, -0.05) is 280 Å². The summed E-state index contributed by atoms with van der Waals surface area (Å²) in [6.07, 6.45) is -20.8. The Bertz CT molecular complexity index is 1960. The molecule has 0 N–H and O–H groups in total. The lowest BCUT2D eigenvalue weighted by molar-refractivity contribution is -0.261. The third-order valence-corrected chi connectivity index (χ3v) is 24.2. The Balaban J connectivity index is -0.000000198. The van der Waals surface area contributed by atoms with Crippen LogP contribution in [-0.2, 0) is 0 Å². The van der Waals surface area contributed by atoms with Gasteiger partial charge < -0.3 is 0 Å². The molecular formula is C77H147F21. The summed E-state index contributed by atoms with van der Waals surface area (Å²) >= 11 is 0. The molecule has 0 aliphatic carbocycles. The van der Waals surface area contributed by atoms with Gasteiger partial charge in [0.15, 0.2) is 0 Å². The molecule has 602 valence electrons. The molecule has 0 aliphatic heterocycles. The molecule has 0 fully saturated rings. The van der Waals surface area contributed by atoms with Crippen molar-refractivity contribution in [2.75, 3.05) is 0 Å². The normalized spacial score (nSPS) is 16.7. The summed E-state index contributed by atoms with van der Waals surface area (Å²) in [5, 5.41) is 0. The Morgan fingerprint density at radius 2 is 0.469 bits per heavy atom. The third-order valence-electron chi connectivity index (χ3n) is 24.2. The van der Waals surface area contributed by atoms with Crippen LogP contribution in [0, 0.1) is 102 Å². The third kappa shape index (κ3) is 29.5. The van der Waals surface area contributed by atoms with E-state index in [1.54, 1.807) is 69.2 Å². The Hall–Kier alpha value is -1.47. The van der Waals surface area contributed by atoms with Gasteiger partial charge in [-0.15, -0.1) is 0 Å². The van der Waals surface area contributed by atoms with Crippen molar-refractivity contribution < 1.29 is 92.2 Å². The highest BCUT2D eigenvalue weighted by Crippen LogP contribution is 2.59. The quantitative estimate of drug-likeness (QED) is 0.0655. The zero-order valence-electron chi connectivity index (χ0n) is 67.9. The predicted molar refractivity (Wildman–Crippen MR) is 372 cm³/mol. The summed E-state index contributed by atoms with van der Waals surface area (Å²) in [5.41, 5.74) is -12.1. The summed E-state index contributed by atoms with van der Waals surface area (Å²) in [5.74, 6) is -1.42. The van der Waals surface area contributed by atoms with Crippen LogP contribution in [0.1, 0.15) is 351 Å². The van der Waals surface area contributed by atoms with Gasteiger partial charge in [-0.05, 0) is 135 Å². The average Bonchev–Trinajstić information content (AvgIpc) is 0.784. The first-order valence-electron chi connectivity index (χ1n) is 36.8. The molecule has 0 amide bonds. The Kier molecular flexibility index (Phi) is 49.2. The first-order chi connectivity index (χ1) is 43.4. The maximum Gasteiger partial charge on any atom is 0.394 e. The van der Waals surface area contributed by atoms with Crippen LogP contribution in [0.15, 0.2) is 0 Å². The van der Waals surface area contributed by atoms with Gasteiger partial charge in [-0.2, -0.15) is 92.2 Å². The summed E-state index contributed by atoms with van der Waals surface area (Å²) < 4.78 is 271. The van der Waals surface area contributed by atoms with Crippen LogP contribution in [0.2, 0.25) is 0 Å². The van der Waals surface area contributed by atoms with E-state index in [2.05, 4.69) is 0 Å². The second kappa shape index (κ2) is 43.8. The van der Waals surface area contributed by atoms with Crippen LogP contribution in [0.25, 0.3) is 0 Å². The molecule has 0 saturated carbocycles. The van der Waals surface area contributed by atoms with Crippen LogP contribution in [-0.4, -0.2) is 43.2 Å². The summed E-state index contributed by atoms with van der Waals surface area (Å²) in [6, 6.07) is 0. The summed E-state index contributed by atoms with van der Waals surface area (Å²) in [7, 11) is 0. The molecule has 0 spiro atoms. The van der Waals surface area contributed by atoms with E-state index in [9.17, 15) is 92.2 Å². The molecule has 0 aliphatic rings. The largest absolute Gasteiger partial charge is 0.394 e. The number of alkyl halides is 21. The summed E-state index contributed by atoms with van der Waals surface area (Å²) in [4.78, 5) is 0. The molecule has 0 aromatic heterocycles. The van der Waals surface area contributed by atoms with Gasteiger partial charge in [0.25, 0.3) is 0 Å². The Morgan fingerprint density at radius 3 is 0.602 bits per heavy atom. The van der Waals surface area contributed by atoms with Gasteiger partial charge in [0.1, 0.15) is 0 Å². The molecule has 0 heterocycles. The SMILES string of the molecule is CC(C)C(C)(C(C)C)C(F)(F)F.CCC(C)(CC)[C@](C)(CC)C(F)(F)F.CCCC(C)(CCC)C(F)(F)F.CCC[C@@](C)(C(C(C)C)C(C)C)C(F)(F)F.CCC[C@@](C)(C(CC)CC)C(F)(F)F.CCC[C@](C)(C(F)(F)F)C(C)(CC)CC.CC[C@@](C)(C(C(C)C)C(C)C)C(F)(F)F. The minimum absolute atomic E-state index is 0.0524. The fourth-order valence-electron chi connectivity index (χ4n) is 15.6. The second-order valence-electron chi connectivity index (χ2n) is 32.1. The molecular weight excluding hydrogens is 1320 g/mol. The van der Waals surface area contributed by atoms with Crippen LogP contribution >= 0.6 is 0 Å². The molecule has 0 nitrogen and oxygen atoms in total. The topological polar surface area (TPSA) is 0 Å². The van der Waals surface area contributed by atoms with E-state index < -0.39 is 92.0 Å². The summed E-state index contributed by atoms with van der Waals surface area (Å²) in [6.45, 7) is 57.9. The molecule has 0 rings (SSSR count). The highest BCUT2D eigenvalue weighted by molar-refractivity contribution is 4.98. The van der Waals surface area contributed by atoms with Gasteiger partial charge in [0.2, 0.25) is 0 Å². The molecule has 21 heteroatoms. The molecule has 0 unspecified atom stereocenters. The first-order valence-corrected chi connectivity index (χ1v) is 36.8. The number of hydrogen-bond acceptors (Lipinski definition) is 0. The number of rotatable bonds is 29. The zero-order chi connectivity index (χ0) is 80.9. The smallest absolute Gasteiger partial charge is 0.171 e. The van der Waals surface area contributed by atoms with Crippen molar-refractivity contribution in [1.82, 2.24) is 0 Å². The molecule has 98 heavy (non-hydrogen) atoms. The van der Waals surface area contributed by atoms with Crippen molar-refractivity contribution in [2.24, 2.45) is 102 Å². The predicted octanol–water partition coefficient (Wildman–Crippen LogP) is 33.0. The van der Waals surface area contributed by atoms with Gasteiger partial charge in [-0.25, -0.2) is 0 Å². The van der Waals surface area contributed by atoms with Crippen LogP contribution in [0.5, 0.6) is 0 Å². The van der Waals surface area contributed by atoms with Crippen molar-refractivity contribution in [3.8, 4) is 0 Å². The van der Waals surface area contributed by atoms with E-state index in [1.807, 2.05) is 118 Å². The lowest BCUT2D eigenvalue weighted by atomic mass is 9.60. The highest BCUT2D eigenvalue weighted by Gasteiger charge is 2.62. The van der Waals surface area contributed by atoms with Crippen molar-refractivity contribution in [3.05, 3.63) is 0 Å². The van der Waals surface area contributed by atoms with Crippen molar-refractivity contribution in [1.29, 1.82) is 0 Å². The number of hydrogen-bond donors (Lipinski definition) is 0. The number of halogens is 21. The van der Waals surface area contributed by atoms with Gasteiger partial charge >= 0.3 is 43.2 Å². The van der Waals surface area contributed by atoms with E-state index in [1.165, 1.54) is 48.5 Å². The Morgan fingerprint density at radius 1 is 0.224 bits per heavy atom. The average molecular weight is 1470 g/mol. The van der Waals surface area contributed by atoms with Crippen LogP contribution in [0.4, 0.5) is 92.2 Å². The highest BCUT2D eigenvalue weighted by atomic mass is 19.4. The maximum atomic E-state index is 13.3. The minimum atomic E-state index is -4.11. The van der Waals surface area contributed by atoms with Crippen molar-refractivity contribution >= 4 is 0 Å². The van der Waals surface area contributed by atoms with Crippen LogP contribution < -0.4 is 0 Å². The molecule has 5 atom stereocenters. The van der Waals surface area contributed by atoms with E-state index in [0.29, 0.717) is 70.6 Å². The Labute approximate surface area is 586 Å². The van der Waals surface area contributed by atoms with E-state index in [0.717, 1.165) is 0 Å². The van der Waals surface area contributed by atoms with Crippen molar-refractivity contribution in [3.63, 3.8) is 0 Å². The van der Waals surface area contributed by atoms with E-state index in [4.69, 9.17) is 0 Å². The molecule has 0 radical (unpaired) electrons. The van der Waals surface area contributed by atoms with E-state index in [-0.39, 0.29) is 98.2 Å². The lowest BCUT2D eigenvalue weighted by Crippen LogP contribution is -2.48. The standard InChI is InChI=1S/C13H25F3.2C12H23F3.2C11H21F3.2C9H17F3/c1-7-8-12(6,13(14,15)16)11(9(2)3)10(4)5;1-7-11(6,12(13,14)15)10(8(2)3)9(4)5;1-6-9-11(5,12(13,14)15)10(4,7-2)8-3;1-6-9(4,7-2)10(5,8-3)11(12,13)14;1-5-8-10(4,11(12,13)14)9(6-2)7-3;1-6(2)8(5,7(3)4)9(10,11)12;1-4-6-8(3,7-5-2)9(10,11)12/h9-11H,7-8H2,1-6H3;8-10H,7H2,1-6H3;6-9H2,1-5H3;6-8H2,1-5H3;9H,5-8H2,1-4H3;6-7H,1-5H3;4-7H2,1-3H3/t12-;2*11-;2*10-;;/m00000../s1. The molecule has 0 saturated heterocycles. The zero-order valence-corrected chi connectivity index (χ0v) is 67.9. The molecule has 0 aromatic rings. The molecule has 0 bridgehead atoms. The fourth-order valence-corrected chi connectivity index (χ4v) is 15.6. The lowest BCUT2D eigenvalue weighted by Gasteiger charge is -2.47. The fraction of sp³-hybridized carbons (Fsp3) is 1.00. The van der Waals surface area contributed by atoms with Gasteiger partial charge in [0.05, 0.1) is 37.9 Å². The van der Waals surface area contributed by atoms with Gasteiger partial charge in [-0.3, -0.25) is 0 Å². The van der Waals surface area contributed by atoms with Crippen LogP contribution in [0.3, 0.4) is 0 Å². The van der Waals surface area contributed by atoms with Gasteiger partial charge in [0, 0.05) is 0 Å². The molecule has 0 aromatic carbocycles. The first kappa shape index (κ1) is 110. The van der Waals surface area contributed by atoms with E-state index >= 15 is 0 Å². The second-order valence-corrected chi connectivity index (χ2v) is 32.1. The monoisotopic (exact) mass is 1470 g/mol. The maximum absolute atomic E-state index is 13.3.